The molecule has 0 unspecified atom stereocenters. The van der Waals surface area contributed by atoms with Crippen molar-refractivity contribution in [3.63, 3.8) is 0 Å². The third kappa shape index (κ3) is 14.5. The van der Waals surface area contributed by atoms with Crippen molar-refractivity contribution in [2.45, 2.75) is 26.2 Å². The van der Waals surface area contributed by atoms with Crippen LogP contribution >= 0.6 is 0 Å². The van der Waals surface area contributed by atoms with Crippen LogP contribution in [0.2, 0.25) is 0 Å². The van der Waals surface area contributed by atoms with Crippen LogP contribution < -0.4 is 0 Å². The summed E-state index contributed by atoms with van der Waals surface area (Å²) in [6, 6.07) is 0. The molecule has 6 heteroatoms. The summed E-state index contributed by atoms with van der Waals surface area (Å²) in [5.74, 6) is 0. The zero-order valence-corrected chi connectivity index (χ0v) is 12.6. The predicted octanol–water partition coefficient (Wildman–Crippen LogP) is 0.615. The Bertz CT molecular complexity index is 165. The van der Waals surface area contributed by atoms with Gasteiger partial charge in [0.15, 0.2) is 0 Å². The predicted molar refractivity (Wildman–Crippen MR) is 42.8 cm³/mol. The van der Waals surface area contributed by atoms with E-state index in [9.17, 15) is 8.42 Å². The Hall–Kier alpha value is 1.68. The van der Waals surface area contributed by atoms with Crippen LogP contribution in [0.4, 0.5) is 0 Å². The van der Waals surface area contributed by atoms with Gasteiger partial charge in [-0.3, -0.25) is 4.55 Å². The van der Waals surface area contributed by atoms with E-state index in [2.05, 4.69) is 4.18 Å². The monoisotopic (exact) mass is 253 g/mol. The fourth-order valence-electron chi connectivity index (χ4n) is 0.516. The van der Waals surface area contributed by atoms with Crippen LogP contribution in [0.25, 0.3) is 0 Å². The quantitative estimate of drug-likeness (QED) is 0.576. The summed E-state index contributed by atoms with van der Waals surface area (Å²) in [4.78, 5) is 0. The Labute approximate surface area is 116 Å². The molecule has 0 aliphatic carbocycles. The maximum Gasteiger partial charge on any atom is 0.397 e. The summed E-state index contributed by atoms with van der Waals surface area (Å²) in [6.45, 7) is 2.07. The summed E-state index contributed by atoms with van der Waals surface area (Å²) >= 11 is 0. The zero-order chi connectivity index (χ0) is 8.04. The van der Waals surface area contributed by atoms with Crippen LogP contribution in [0.5, 0.6) is 0 Å². The number of unbranched alkanes of at least 4 members (excludes halogenated alkanes) is 2. The fourth-order valence-corrected chi connectivity index (χ4v) is 0.845. The van der Waals surface area contributed by atoms with E-state index < -0.39 is 10.4 Å². The average Bonchev–Trinajstić information content (AvgIpc) is 1.78. The molecule has 63 valence electrons. The SMILES string of the molecule is CCCCCOS(=O)(=O)O.[Rb]. The molecule has 0 aliphatic rings. The molecule has 0 amide bonds. The molecule has 1 N–H and O–H groups in total. The molecule has 1 radical (unpaired) electrons. The number of hydrogen-bond donors (Lipinski definition) is 1. The summed E-state index contributed by atoms with van der Waals surface area (Å²) < 4.78 is 32.0. The van der Waals surface area contributed by atoms with Crippen molar-refractivity contribution in [1.29, 1.82) is 0 Å². The van der Waals surface area contributed by atoms with Gasteiger partial charge >= 0.3 is 10.4 Å². The van der Waals surface area contributed by atoms with Gasteiger partial charge in [0.1, 0.15) is 0 Å². The smallest absolute Gasteiger partial charge is 0.264 e. The molecule has 4 nitrogen and oxygen atoms in total. The van der Waals surface area contributed by atoms with Crippen LogP contribution in [0.3, 0.4) is 0 Å². The average molecular weight is 254 g/mol. The van der Waals surface area contributed by atoms with Gasteiger partial charge in [0, 0.05) is 58.2 Å². The zero-order valence-electron chi connectivity index (χ0n) is 6.91. The van der Waals surface area contributed by atoms with E-state index in [-0.39, 0.29) is 64.8 Å². The van der Waals surface area contributed by atoms with Gasteiger partial charge in [-0.1, -0.05) is 19.8 Å². The van der Waals surface area contributed by atoms with Crippen molar-refractivity contribution in [2.24, 2.45) is 0 Å². The Balaban J connectivity index is 0. The Morgan fingerprint density at radius 2 is 1.91 bits per heavy atom. The van der Waals surface area contributed by atoms with Crippen LogP contribution in [0.15, 0.2) is 0 Å². The van der Waals surface area contributed by atoms with Crippen molar-refractivity contribution in [1.82, 2.24) is 0 Å². The molecule has 0 rings (SSSR count). The fraction of sp³-hybridized carbons (Fsp3) is 1.00. The standard InChI is InChI=1S/C5H12O4S.Rb/c1-2-3-4-5-9-10(6,7)8;/h2-5H2,1H3,(H,6,7,8);. The second kappa shape index (κ2) is 8.28. The molecule has 0 aliphatic heterocycles. The van der Waals surface area contributed by atoms with E-state index in [4.69, 9.17) is 4.55 Å². The first-order chi connectivity index (χ1) is 4.56. The van der Waals surface area contributed by atoms with Gasteiger partial charge in [-0.15, -0.1) is 0 Å². The molecule has 0 aromatic rings. The van der Waals surface area contributed by atoms with Crippen LogP contribution in [0.1, 0.15) is 26.2 Å². The summed E-state index contributed by atoms with van der Waals surface area (Å²) in [6.07, 6.45) is 2.57. The largest absolute Gasteiger partial charge is 0.397 e. The van der Waals surface area contributed by atoms with Gasteiger partial charge in [-0.05, 0) is 6.42 Å². The first-order valence-electron chi connectivity index (χ1n) is 3.18. The molecular weight excluding hydrogens is 242 g/mol. The topological polar surface area (TPSA) is 63.6 Å². The molecule has 0 aromatic carbocycles. The minimum atomic E-state index is -4.20. The van der Waals surface area contributed by atoms with Crippen LogP contribution in [-0.2, 0) is 14.6 Å². The van der Waals surface area contributed by atoms with E-state index in [0.717, 1.165) is 12.8 Å². The van der Waals surface area contributed by atoms with Crippen LogP contribution in [0, 0.1) is 0 Å². The molecule has 0 saturated carbocycles. The van der Waals surface area contributed by atoms with E-state index >= 15 is 0 Å². The maximum atomic E-state index is 9.93. The molecule has 0 bridgehead atoms. The van der Waals surface area contributed by atoms with Gasteiger partial charge in [-0.2, -0.15) is 8.42 Å². The number of hydrogen-bond acceptors (Lipinski definition) is 3. The van der Waals surface area contributed by atoms with Gasteiger partial charge in [0.2, 0.25) is 0 Å². The van der Waals surface area contributed by atoms with Gasteiger partial charge in [0.05, 0.1) is 6.61 Å². The van der Waals surface area contributed by atoms with Crippen molar-refractivity contribution in [3.8, 4) is 0 Å². The maximum absolute atomic E-state index is 9.93. The normalized spacial score (nSPS) is 10.7. The van der Waals surface area contributed by atoms with Crippen molar-refractivity contribution >= 4 is 68.6 Å². The molecule has 0 aromatic heterocycles. The van der Waals surface area contributed by atoms with E-state index in [0.29, 0.717) is 6.42 Å². The second-order valence-electron chi connectivity index (χ2n) is 1.96. The summed E-state index contributed by atoms with van der Waals surface area (Å²) in [5.41, 5.74) is 0. The molecule has 0 spiro atoms. The Kier molecular flexibility index (Phi) is 11.4. The van der Waals surface area contributed by atoms with Gasteiger partial charge < -0.3 is 0 Å². The van der Waals surface area contributed by atoms with Crippen molar-refractivity contribution in [3.05, 3.63) is 0 Å². The van der Waals surface area contributed by atoms with E-state index in [1.54, 1.807) is 0 Å². The second-order valence-corrected chi connectivity index (χ2v) is 3.05. The summed E-state index contributed by atoms with van der Waals surface area (Å²) in [7, 11) is -4.20. The summed E-state index contributed by atoms with van der Waals surface area (Å²) in [5, 5.41) is 0. The Morgan fingerprint density at radius 3 is 2.27 bits per heavy atom. The molecule has 0 saturated heterocycles. The van der Waals surface area contributed by atoms with E-state index in [1.807, 2.05) is 6.92 Å². The molecule has 11 heavy (non-hydrogen) atoms. The van der Waals surface area contributed by atoms with Gasteiger partial charge in [-0.25, -0.2) is 4.18 Å². The molecule has 0 atom stereocenters. The first-order valence-corrected chi connectivity index (χ1v) is 4.54. The van der Waals surface area contributed by atoms with E-state index in [1.165, 1.54) is 0 Å². The minimum absolute atomic E-state index is 0. The van der Waals surface area contributed by atoms with Gasteiger partial charge in [0.25, 0.3) is 0 Å². The van der Waals surface area contributed by atoms with Crippen molar-refractivity contribution < 1.29 is 17.2 Å². The third-order valence-electron chi connectivity index (χ3n) is 0.980. The Morgan fingerprint density at radius 1 is 1.36 bits per heavy atom. The van der Waals surface area contributed by atoms with Crippen molar-refractivity contribution in [2.75, 3.05) is 6.61 Å². The third-order valence-corrected chi connectivity index (χ3v) is 1.44. The minimum Gasteiger partial charge on any atom is -0.264 e. The molecular formula is C5H12O4RbS. The number of rotatable bonds is 5. The first kappa shape index (κ1) is 15.2. The van der Waals surface area contributed by atoms with Crippen LogP contribution in [-0.4, -0.2) is 77.8 Å². The molecule has 0 fully saturated rings. The molecule has 0 heterocycles.